The average Bonchev–Trinajstić information content (AvgIpc) is 2.44. The zero-order valence-electron chi connectivity index (χ0n) is 8.89. The lowest BCUT2D eigenvalue weighted by Crippen LogP contribution is -2.29. The summed E-state index contributed by atoms with van der Waals surface area (Å²) < 4.78 is 0. The summed E-state index contributed by atoms with van der Waals surface area (Å²) >= 11 is 0. The Hall–Kier alpha value is -0.120. The van der Waals surface area contributed by atoms with Crippen LogP contribution >= 0.6 is 0 Å². The number of nitrogens with zero attached hydrogens (tertiary/aromatic N) is 1. The second-order valence-corrected chi connectivity index (χ2v) is 5.05. The molecule has 1 saturated carbocycles. The SMILES string of the molecule is CC(O)CN1CC2CCC(O)CC2C1. The third-order valence-electron chi connectivity index (χ3n) is 3.62. The standard InChI is InChI=1S/C11H21NO2/c1-8(13)5-12-6-9-2-3-11(14)4-10(9)7-12/h8-11,13-14H,2-7H2,1H3. The summed E-state index contributed by atoms with van der Waals surface area (Å²) in [6.45, 7) is 4.84. The molecule has 0 radical (unpaired) electrons. The van der Waals surface area contributed by atoms with Crippen LogP contribution in [0.4, 0.5) is 0 Å². The molecule has 0 aromatic carbocycles. The van der Waals surface area contributed by atoms with Gasteiger partial charge in [-0.2, -0.15) is 0 Å². The summed E-state index contributed by atoms with van der Waals surface area (Å²) in [5.41, 5.74) is 0. The van der Waals surface area contributed by atoms with Gasteiger partial charge < -0.3 is 15.1 Å². The minimum absolute atomic E-state index is 0.0669. The van der Waals surface area contributed by atoms with Gasteiger partial charge in [-0.25, -0.2) is 0 Å². The maximum Gasteiger partial charge on any atom is 0.0639 e. The number of rotatable bonds is 2. The van der Waals surface area contributed by atoms with Gasteiger partial charge in [-0.15, -0.1) is 0 Å². The number of fused-ring (bicyclic) bond motifs is 1. The van der Waals surface area contributed by atoms with Gasteiger partial charge >= 0.3 is 0 Å². The van der Waals surface area contributed by atoms with E-state index < -0.39 is 0 Å². The predicted molar refractivity (Wildman–Crippen MR) is 55.0 cm³/mol. The third kappa shape index (κ3) is 2.27. The van der Waals surface area contributed by atoms with Crippen molar-refractivity contribution in [1.82, 2.24) is 4.90 Å². The zero-order valence-corrected chi connectivity index (χ0v) is 8.89. The fourth-order valence-corrected chi connectivity index (χ4v) is 3.03. The highest BCUT2D eigenvalue weighted by Crippen LogP contribution is 2.36. The molecule has 14 heavy (non-hydrogen) atoms. The first kappa shape index (κ1) is 10.4. The van der Waals surface area contributed by atoms with Crippen molar-refractivity contribution in [2.75, 3.05) is 19.6 Å². The molecule has 4 atom stereocenters. The van der Waals surface area contributed by atoms with Crippen LogP contribution in [0.25, 0.3) is 0 Å². The third-order valence-corrected chi connectivity index (χ3v) is 3.62. The number of aliphatic hydroxyl groups excluding tert-OH is 2. The molecule has 1 aliphatic carbocycles. The van der Waals surface area contributed by atoms with E-state index in [0.29, 0.717) is 5.92 Å². The van der Waals surface area contributed by atoms with Gasteiger partial charge in [0.2, 0.25) is 0 Å². The Labute approximate surface area is 85.7 Å². The van der Waals surface area contributed by atoms with E-state index in [4.69, 9.17) is 0 Å². The van der Waals surface area contributed by atoms with Gasteiger partial charge in [0.05, 0.1) is 12.2 Å². The molecule has 4 unspecified atom stereocenters. The summed E-state index contributed by atoms with van der Waals surface area (Å²) in [6, 6.07) is 0. The molecule has 3 heteroatoms. The Bertz CT molecular complexity index is 196. The van der Waals surface area contributed by atoms with Crippen LogP contribution in [-0.4, -0.2) is 47.0 Å². The zero-order chi connectivity index (χ0) is 10.1. The van der Waals surface area contributed by atoms with Crippen molar-refractivity contribution in [3.8, 4) is 0 Å². The van der Waals surface area contributed by atoms with Gasteiger partial charge in [-0.1, -0.05) is 0 Å². The molecule has 0 aromatic rings. The summed E-state index contributed by atoms with van der Waals surface area (Å²) in [5, 5.41) is 18.9. The molecular weight excluding hydrogens is 178 g/mol. The van der Waals surface area contributed by atoms with Crippen LogP contribution in [0.1, 0.15) is 26.2 Å². The van der Waals surface area contributed by atoms with Crippen LogP contribution in [0.3, 0.4) is 0 Å². The summed E-state index contributed by atoms with van der Waals surface area (Å²) in [4.78, 5) is 2.35. The van der Waals surface area contributed by atoms with Gasteiger partial charge in [-0.3, -0.25) is 0 Å². The van der Waals surface area contributed by atoms with E-state index in [9.17, 15) is 10.2 Å². The Balaban J connectivity index is 1.86. The molecule has 0 bridgehead atoms. The number of hydrogen-bond donors (Lipinski definition) is 2. The van der Waals surface area contributed by atoms with Gasteiger partial charge in [0.25, 0.3) is 0 Å². The predicted octanol–water partition coefficient (Wildman–Crippen LogP) is 0.460. The van der Waals surface area contributed by atoms with Crippen molar-refractivity contribution >= 4 is 0 Å². The average molecular weight is 199 g/mol. The molecule has 0 spiro atoms. The lowest BCUT2D eigenvalue weighted by atomic mass is 9.80. The number of aliphatic hydroxyl groups is 2. The van der Waals surface area contributed by atoms with Crippen molar-refractivity contribution in [3.63, 3.8) is 0 Å². The first-order valence-corrected chi connectivity index (χ1v) is 5.73. The van der Waals surface area contributed by atoms with Crippen molar-refractivity contribution < 1.29 is 10.2 Å². The van der Waals surface area contributed by atoms with Crippen LogP contribution in [-0.2, 0) is 0 Å². The summed E-state index contributed by atoms with van der Waals surface area (Å²) in [6.07, 6.45) is 2.83. The van der Waals surface area contributed by atoms with E-state index in [0.717, 1.165) is 38.4 Å². The largest absolute Gasteiger partial charge is 0.393 e. The lowest BCUT2D eigenvalue weighted by molar-refractivity contribution is 0.0864. The minimum Gasteiger partial charge on any atom is -0.393 e. The van der Waals surface area contributed by atoms with Gasteiger partial charge in [-0.05, 0) is 38.0 Å². The highest BCUT2D eigenvalue weighted by atomic mass is 16.3. The molecular formula is C11H21NO2. The van der Waals surface area contributed by atoms with E-state index in [1.807, 2.05) is 6.92 Å². The molecule has 1 heterocycles. The Morgan fingerprint density at radius 2 is 2.00 bits per heavy atom. The number of β-amino-alcohol motifs (C(OH)–C–C–N with tert-alkyl or cyclic N) is 1. The maximum absolute atomic E-state index is 9.56. The molecule has 2 N–H and O–H groups in total. The molecule has 1 aliphatic heterocycles. The molecule has 2 aliphatic rings. The molecule has 1 saturated heterocycles. The van der Waals surface area contributed by atoms with Crippen LogP contribution in [0.5, 0.6) is 0 Å². The first-order valence-electron chi connectivity index (χ1n) is 5.73. The van der Waals surface area contributed by atoms with Crippen LogP contribution in [0, 0.1) is 11.8 Å². The Morgan fingerprint density at radius 1 is 1.29 bits per heavy atom. The molecule has 2 rings (SSSR count). The van der Waals surface area contributed by atoms with Crippen LogP contribution in [0.15, 0.2) is 0 Å². The van der Waals surface area contributed by atoms with Crippen molar-refractivity contribution in [1.29, 1.82) is 0 Å². The van der Waals surface area contributed by atoms with Crippen LogP contribution < -0.4 is 0 Å². The second-order valence-electron chi connectivity index (χ2n) is 5.05. The maximum atomic E-state index is 9.56. The fraction of sp³-hybridized carbons (Fsp3) is 1.00. The number of hydrogen-bond acceptors (Lipinski definition) is 3. The van der Waals surface area contributed by atoms with Crippen molar-refractivity contribution in [2.45, 2.75) is 38.4 Å². The molecule has 0 aromatic heterocycles. The molecule has 82 valence electrons. The molecule has 0 amide bonds. The van der Waals surface area contributed by atoms with Crippen molar-refractivity contribution in [2.24, 2.45) is 11.8 Å². The fourth-order valence-electron chi connectivity index (χ4n) is 3.03. The van der Waals surface area contributed by atoms with E-state index in [-0.39, 0.29) is 12.2 Å². The van der Waals surface area contributed by atoms with E-state index >= 15 is 0 Å². The normalized spacial score (nSPS) is 40.9. The highest BCUT2D eigenvalue weighted by molar-refractivity contribution is 4.89. The lowest BCUT2D eigenvalue weighted by Gasteiger charge is -2.27. The van der Waals surface area contributed by atoms with E-state index in [2.05, 4.69) is 4.90 Å². The summed E-state index contributed by atoms with van der Waals surface area (Å²) in [5.74, 6) is 1.45. The van der Waals surface area contributed by atoms with Crippen LogP contribution in [0.2, 0.25) is 0 Å². The highest BCUT2D eigenvalue weighted by Gasteiger charge is 2.37. The minimum atomic E-state index is -0.222. The molecule has 3 nitrogen and oxygen atoms in total. The summed E-state index contributed by atoms with van der Waals surface area (Å²) in [7, 11) is 0. The Kier molecular flexibility index (Phi) is 3.10. The Morgan fingerprint density at radius 3 is 2.71 bits per heavy atom. The topological polar surface area (TPSA) is 43.7 Å². The van der Waals surface area contributed by atoms with Crippen molar-refractivity contribution in [3.05, 3.63) is 0 Å². The molecule has 2 fully saturated rings. The monoisotopic (exact) mass is 199 g/mol. The van der Waals surface area contributed by atoms with E-state index in [1.54, 1.807) is 0 Å². The van der Waals surface area contributed by atoms with Gasteiger partial charge in [0.15, 0.2) is 0 Å². The number of likely N-dealkylation sites (tertiary alicyclic amines) is 1. The van der Waals surface area contributed by atoms with Gasteiger partial charge in [0, 0.05) is 19.6 Å². The first-order chi connectivity index (χ1) is 6.65. The van der Waals surface area contributed by atoms with Gasteiger partial charge in [0.1, 0.15) is 0 Å². The second kappa shape index (κ2) is 4.17. The smallest absolute Gasteiger partial charge is 0.0639 e. The van der Waals surface area contributed by atoms with E-state index in [1.165, 1.54) is 6.42 Å². The quantitative estimate of drug-likeness (QED) is 0.679.